The van der Waals surface area contributed by atoms with Crippen LogP contribution >= 0.6 is 11.6 Å². The Hall–Kier alpha value is -2.28. The highest BCUT2D eigenvalue weighted by Gasteiger charge is 2.47. The summed E-state index contributed by atoms with van der Waals surface area (Å²) in [6.45, 7) is 1.59. The van der Waals surface area contributed by atoms with Gasteiger partial charge in [0.05, 0.1) is 7.11 Å². The summed E-state index contributed by atoms with van der Waals surface area (Å²) in [6, 6.07) is 5.60. The highest BCUT2D eigenvalue weighted by molar-refractivity contribution is 6.30. The lowest BCUT2D eigenvalue weighted by atomic mass is 9.77. The van der Waals surface area contributed by atoms with Gasteiger partial charge in [-0.1, -0.05) is 11.6 Å². The van der Waals surface area contributed by atoms with E-state index in [1.54, 1.807) is 25.1 Å². The third-order valence-electron chi connectivity index (χ3n) is 4.14. The van der Waals surface area contributed by atoms with Gasteiger partial charge in [-0.05, 0) is 31.2 Å². The maximum absolute atomic E-state index is 12.8. The molecule has 4 nitrogen and oxygen atoms in total. The van der Waals surface area contributed by atoms with Gasteiger partial charge in [0.25, 0.3) is 0 Å². The van der Waals surface area contributed by atoms with Crippen molar-refractivity contribution in [3.05, 3.63) is 52.3 Å². The lowest BCUT2D eigenvalue weighted by molar-refractivity contribution is -0.141. The van der Waals surface area contributed by atoms with Gasteiger partial charge in [-0.3, -0.25) is 9.78 Å². The molecule has 0 aliphatic carbocycles. The first-order chi connectivity index (χ1) is 11.2. The number of amides is 1. The highest BCUT2D eigenvalue weighted by Crippen LogP contribution is 2.47. The Morgan fingerprint density at radius 3 is 2.58 bits per heavy atom. The van der Waals surface area contributed by atoms with Crippen molar-refractivity contribution in [2.24, 2.45) is 0 Å². The van der Waals surface area contributed by atoms with Crippen LogP contribution in [0.3, 0.4) is 0 Å². The molecule has 3 rings (SSSR count). The maximum atomic E-state index is 12.8. The number of anilines is 1. The Balaban J connectivity index is 2.21. The van der Waals surface area contributed by atoms with E-state index in [1.807, 2.05) is 0 Å². The number of ether oxygens (including phenoxy) is 1. The first kappa shape index (κ1) is 16.6. The van der Waals surface area contributed by atoms with Crippen LogP contribution in [0.25, 0.3) is 0 Å². The van der Waals surface area contributed by atoms with Gasteiger partial charge in [0.1, 0.15) is 16.9 Å². The van der Waals surface area contributed by atoms with Gasteiger partial charge in [-0.15, -0.1) is 0 Å². The quantitative estimate of drug-likeness (QED) is 0.884. The van der Waals surface area contributed by atoms with Crippen molar-refractivity contribution in [2.75, 3.05) is 12.4 Å². The van der Waals surface area contributed by atoms with Crippen LogP contribution in [0.1, 0.15) is 23.7 Å². The van der Waals surface area contributed by atoms with Crippen molar-refractivity contribution in [2.45, 2.75) is 18.5 Å². The van der Waals surface area contributed by atoms with Crippen LogP contribution in [0.5, 0.6) is 5.75 Å². The molecule has 1 amide bonds. The number of hydrogen-bond acceptors (Lipinski definition) is 3. The molecule has 1 aliphatic rings. The number of nitrogens with zero attached hydrogens (tertiary/aromatic N) is 1. The van der Waals surface area contributed by atoms with Crippen molar-refractivity contribution in [3.63, 3.8) is 0 Å². The number of rotatable bonds is 2. The predicted octanol–water partition coefficient (Wildman–Crippen LogP) is 4.02. The second kappa shape index (κ2) is 5.37. The largest absolute Gasteiger partial charge is 0.496 e. The predicted molar refractivity (Wildman–Crippen MR) is 82.3 cm³/mol. The second-order valence-corrected chi connectivity index (χ2v) is 5.97. The van der Waals surface area contributed by atoms with Crippen LogP contribution in [0.15, 0.2) is 30.5 Å². The average Bonchev–Trinajstić information content (AvgIpc) is 2.78. The van der Waals surface area contributed by atoms with Crippen LogP contribution in [-0.2, 0) is 16.4 Å². The number of methoxy groups -OCH3 is 1. The molecule has 0 spiro atoms. The lowest BCUT2D eigenvalue weighted by Gasteiger charge is -2.25. The van der Waals surface area contributed by atoms with Gasteiger partial charge >= 0.3 is 6.18 Å². The standard InChI is InChI=1S/C16H12ClF3N2O2/c1-15(9-5-8(17)3-4-12(9)24-2)10-7-21-13(16(18,19)20)6-11(10)22-14(15)23/h3-7H,1-2H3,(H,22,23)/t15-/m1/s1. The second-order valence-electron chi connectivity index (χ2n) is 5.54. The molecule has 0 saturated carbocycles. The van der Waals surface area contributed by atoms with Gasteiger partial charge < -0.3 is 10.1 Å². The van der Waals surface area contributed by atoms with Crippen molar-refractivity contribution < 1.29 is 22.7 Å². The number of benzene rings is 1. The normalized spacial score (nSPS) is 19.8. The molecule has 1 N–H and O–H groups in total. The maximum Gasteiger partial charge on any atom is 0.433 e. The zero-order valence-corrected chi connectivity index (χ0v) is 13.4. The Bertz CT molecular complexity index is 839. The monoisotopic (exact) mass is 356 g/mol. The van der Waals surface area contributed by atoms with E-state index < -0.39 is 23.2 Å². The zero-order chi connectivity index (χ0) is 17.7. The number of pyridine rings is 1. The third-order valence-corrected chi connectivity index (χ3v) is 4.37. The number of hydrogen-bond donors (Lipinski definition) is 1. The first-order valence-electron chi connectivity index (χ1n) is 6.91. The summed E-state index contributed by atoms with van der Waals surface area (Å²) in [4.78, 5) is 16.0. The van der Waals surface area contributed by atoms with E-state index in [9.17, 15) is 18.0 Å². The highest BCUT2D eigenvalue weighted by atomic mass is 35.5. The van der Waals surface area contributed by atoms with Crippen molar-refractivity contribution >= 4 is 23.2 Å². The van der Waals surface area contributed by atoms with Crippen LogP contribution in [0.2, 0.25) is 5.02 Å². The minimum absolute atomic E-state index is 0.0758. The Kier molecular flexibility index (Phi) is 3.71. The summed E-state index contributed by atoms with van der Waals surface area (Å²) >= 11 is 6.02. The van der Waals surface area contributed by atoms with Gasteiger partial charge in [0.15, 0.2) is 0 Å². The number of carbonyl (C=O) groups excluding carboxylic acids is 1. The van der Waals surface area contributed by atoms with Crippen molar-refractivity contribution in [1.29, 1.82) is 0 Å². The lowest BCUT2D eigenvalue weighted by Crippen LogP contribution is -2.32. The fraction of sp³-hybridized carbons (Fsp3) is 0.250. The smallest absolute Gasteiger partial charge is 0.433 e. The molecular formula is C16H12ClF3N2O2. The van der Waals surface area contributed by atoms with E-state index >= 15 is 0 Å². The molecule has 126 valence electrons. The summed E-state index contributed by atoms with van der Waals surface area (Å²) in [5, 5.41) is 2.87. The van der Waals surface area contributed by atoms with Crippen molar-refractivity contribution in [3.8, 4) is 5.75 Å². The molecule has 1 aromatic heterocycles. The molecule has 0 unspecified atom stereocenters. The molecule has 24 heavy (non-hydrogen) atoms. The Labute approximate surface area is 140 Å². The summed E-state index contributed by atoms with van der Waals surface area (Å²) in [5.41, 5.74) is -1.46. The molecule has 8 heteroatoms. The Morgan fingerprint density at radius 1 is 1.25 bits per heavy atom. The fourth-order valence-corrected chi connectivity index (χ4v) is 2.99. The van der Waals surface area contributed by atoms with Crippen molar-refractivity contribution in [1.82, 2.24) is 4.98 Å². The van der Waals surface area contributed by atoms with Crippen LogP contribution in [-0.4, -0.2) is 18.0 Å². The molecule has 2 heterocycles. The SMILES string of the molecule is COc1ccc(Cl)cc1[C@@]1(C)C(=O)Nc2cc(C(F)(F)F)ncc21. The number of aromatic nitrogens is 1. The van der Waals surface area contributed by atoms with E-state index in [0.717, 1.165) is 12.3 Å². The summed E-state index contributed by atoms with van der Waals surface area (Å²) in [7, 11) is 1.44. The van der Waals surface area contributed by atoms with Gasteiger partial charge in [0, 0.05) is 28.0 Å². The topological polar surface area (TPSA) is 51.2 Å². The van der Waals surface area contributed by atoms with E-state index in [2.05, 4.69) is 10.3 Å². The summed E-state index contributed by atoms with van der Waals surface area (Å²) in [6.07, 6.45) is -3.52. The van der Waals surface area contributed by atoms with E-state index in [4.69, 9.17) is 16.3 Å². The molecule has 1 aliphatic heterocycles. The van der Waals surface area contributed by atoms with Crippen LogP contribution in [0.4, 0.5) is 18.9 Å². The number of alkyl halides is 3. The number of nitrogens with one attached hydrogen (secondary N) is 1. The molecule has 0 radical (unpaired) electrons. The number of halogens is 4. The minimum Gasteiger partial charge on any atom is -0.496 e. The van der Waals surface area contributed by atoms with Crippen LogP contribution < -0.4 is 10.1 Å². The molecule has 1 atom stereocenters. The molecule has 0 saturated heterocycles. The first-order valence-corrected chi connectivity index (χ1v) is 7.29. The summed E-state index contributed by atoms with van der Waals surface area (Å²) < 4.78 is 43.8. The average molecular weight is 357 g/mol. The molecule has 0 fully saturated rings. The van der Waals surface area contributed by atoms with Gasteiger partial charge in [-0.25, -0.2) is 0 Å². The molecule has 1 aromatic carbocycles. The van der Waals surface area contributed by atoms with E-state index in [-0.39, 0.29) is 5.69 Å². The zero-order valence-electron chi connectivity index (χ0n) is 12.7. The number of carbonyl (C=O) groups is 1. The van der Waals surface area contributed by atoms with Crippen LogP contribution in [0, 0.1) is 0 Å². The minimum atomic E-state index is -4.59. The molecule has 2 aromatic rings. The van der Waals surface area contributed by atoms with Gasteiger partial charge in [0.2, 0.25) is 5.91 Å². The van der Waals surface area contributed by atoms with E-state index in [0.29, 0.717) is 21.9 Å². The third kappa shape index (κ3) is 2.39. The number of fused-ring (bicyclic) bond motifs is 1. The van der Waals surface area contributed by atoms with E-state index in [1.165, 1.54) is 7.11 Å². The Morgan fingerprint density at radius 2 is 1.96 bits per heavy atom. The fourth-order valence-electron chi connectivity index (χ4n) is 2.82. The summed E-state index contributed by atoms with van der Waals surface area (Å²) in [5.74, 6) is -0.0658. The molecule has 0 bridgehead atoms. The van der Waals surface area contributed by atoms with Gasteiger partial charge in [-0.2, -0.15) is 13.2 Å². The molecular weight excluding hydrogens is 345 g/mol.